The molecule has 2 aromatic carbocycles. The molecule has 9 nitrogen and oxygen atoms in total. The van der Waals surface area contributed by atoms with Crippen LogP contribution in [-0.2, 0) is 24.3 Å². The summed E-state index contributed by atoms with van der Waals surface area (Å²) in [5, 5.41) is 11.7. The number of carbonyl (C=O) groups is 2. The topological polar surface area (TPSA) is 120 Å². The molecule has 10 heteroatoms. The molecule has 0 radical (unpaired) electrons. The Morgan fingerprint density at radius 2 is 1.62 bits per heavy atom. The van der Waals surface area contributed by atoms with Crippen molar-refractivity contribution >= 4 is 39.4 Å². The summed E-state index contributed by atoms with van der Waals surface area (Å²) in [6, 6.07) is 14.5. The summed E-state index contributed by atoms with van der Waals surface area (Å²) in [6.07, 6.45) is 1.38. The van der Waals surface area contributed by atoms with E-state index < -0.39 is 28.5 Å². The first-order valence-corrected chi connectivity index (χ1v) is 10.9. The van der Waals surface area contributed by atoms with Crippen LogP contribution in [-0.4, -0.2) is 59.4 Å². The van der Waals surface area contributed by atoms with Gasteiger partial charge in [0, 0.05) is 39.6 Å². The number of rotatable bonds is 8. The molecule has 0 bridgehead atoms. The van der Waals surface area contributed by atoms with E-state index in [1.807, 2.05) is 31.1 Å². The maximum atomic E-state index is 12.2. The van der Waals surface area contributed by atoms with Crippen molar-refractivity contribution in [3.8, 4) is 6.07 Å². The van der Waals surface area contributed by atoms with E-state index in [0.29, 0.717) is 11.3 Å². The highest BCUT2D eigenvalue weighted by atomic mass is 32.2. The average Bonchev–Trinajstić information content (AvgIpc) is 2.76. The molecule has 0 aliphatic heterocycles. The summed E-state index contributed by atoms with van der Waals surface area (Å²) in [5.74, 6) is -1.55. The van der Waals surface area contributed by atoms with Crippen molar-refractivity contribution in [2.75, 3.05) is 45.0 Å². The van der Waals surface area contributed by atoms with Gasteiger partial charge in [0.1, 0.15) is 11.6 Å². The van der Waals surface area contributed by atoms with Gasteiger partial charge in [0.05, 0.1) is 4.90 Å². The lowest BCUT2D eigenvalue weighted by Crippen LogP contribution is -2.23. The van der Waals surface area contributed by atoms with Gasteiger partial charge in [-0.3, -0.25) is 4.79 Å². The molecule has 2 rings (SSSR count). The zero-order valence-corrected chi connectivity index (χ0v) is 19.0. The average molecular weight is 457 g/mol. The lowest BCUT2D eigenvalue weighted by molar-refractivity contribution is -0.142. The predicted molar refractivity (Wildman–Crippen MR) is 121 cm³/mol. The van der Waals surface area contributed by atoms with E-state index in [0.717, 1.165) is 9.99 Å². The highest BCUT2D eigenvalue weighted by Gasteiger charge is 2.17. The molecule has 1 amide bonds. The molecule has 0 saturated carbocycles. The molecule has 168 valence electrons. The molecule has 0 spiro atoms. The minimum absolute atomic E-state index is 0.0781. The number of benzene rings is 2. The van der Waals surface area contributed by atoms with E-state index in [2.05, 4.69) is 5.32 Å². The second kappa shape index (κ2) is 10.6. The Bertz CT molecular complexity index is 1150. The number of carbonyl (C=O) groups excluding carboxylic acids is 2. The van der Waals surface area contributed by atoms with Crippen molar-refractivity contribution in [1.82, 2.24) is 4.31 Å². The number of hydrogen-bond donors (Lipinski definition) is 1. The van der Waals surface area contributed by atoms with Crippen molar-refractivity contribution in [1.29, 1.82) is 5.26 Å². The number of ether oxygens (including phenoxy) is 1. The fourth-order valence-electron chi connectivity index (χ4n) is 2.50. The molecule has 0 aromatic heterocycles. The van der Waals surface area contributed by atoms with Crippen LogP contribution in [0.3, 0.4) is 0 Å². The van der Waals surface area contributed by atoms with Crippen LogP contribution in [0.15, 0.2) is 59.0 Å². The van der Waals surface area contributed by atoms with Gasteiger partial charge in [-0.25, -0.2) is 17.5 Å². The molecule has 0 aliphatic carbocycles. The number of nitriles is 1. The molecule has 32 heavy (non-hydrogen) atoms. The summed E-state index contributed by atoms with van der Waals surface area (Å²) in [6.45, 7) is -0.602. The maximum absolute atomic E-state index is 12.2. The number of amides is 1. The molecule has 0 saturated heterocycles. The first-order valence-electron chi connectivity index (χ1n) is 9.43. The number of nitrogens with one attached hydrogen (secondary N) is 1. The smallest absolute Gasteiger partial charge is 0.349 e. The normalized spacial score (nSPS) is 11.6. The molecule has 0 heterocycles. The summed E-state index contributed by atoms with van der Waals surface area (Å²) >= 11 is 0. The highest BCUT2D eigenvalue weighted by molar-refractivity contribution is 7.89. The molecule has 0 unspecified atom stereocenters. The predicted octanol–water partition coefficient (Wildman–Crippen LogP) is 2.09. The molecular weight excluding hydrogens is 432 g/mol. The number of sulfonamides is 1. The quantitative estimate of drug-likeness (QED) is 0.367. The second-order valence-corrected chi connectivity index (χ2v) is 9.24. The van der Waals surface area contributed by atoms with Gasteiger partial charge in [0.2, 0.25) is 10.0 Å². The summed E-state index contributed by atoms with van der Waals surface area (Å²) in [4.78, 5) is 26.2. The van der Waals surface area contributed by atoms with E-state index in [1.54, 1.807) is 18.2 Å². The van der Waals surface area contributed by atoms with Crippen LogP contribution in [0.25, 0.3) is 6.08 Å². The SMILES string of the molecule is CN(C)c1ccc(/C=C(\C#N)C(=O)OCC(=O)Nc2ccc(S(=O)(=O)N(C)C)cc2)cc1. The molecule has 1 N–H and O–H groups in total. The monoisotopic (exact) mass is 456 g/mol. The number of hydrogen-bond acceptors (Lipinski definition) is 7. The Kier molecular flexibility index (Phi) is 8.12. The van der Waals surface area contributed by atoms with Gasteiger partial charge in [-0.2, -0.15) is 5.26 Å². The van der Waals surface area contributed by atoms with Crippen LogP contribution >= 0.6 is 0 Å². The first-order chi connectivity index (χ1) is 15.0. The first kappa shape index (κ1) is 24.6. The van der Waals surface area contributed by atoms with Crippen molar-refractivity contribution < 1.29 is 22.7 Å². The van der Waals surface area contributed by atoms with Gasteiger partial charge in [0.25, 0.3) is 5.91 Å². The van der Waals surface area contributed by atoms with E-state index in [4.69, 9.17) is 4.74 Å². The van der Waals surface area contributed by atoms with E-state index in [1.165, 1.54) is 44.4 Å². The fraction of sp³-hybridized carbons (Fsp3) is 0.227. The Morgan fingerprint density at radius 3 is 2.12 bits per heavy atom. The van der Waals surface area contributed by atoms with Crippen molar-refractivity contribution in [3.63, 3.8) is 0 Å². The van der Waals surface area contributed by atoms with Gasteiger partial charge in [-0.1, -0.05) is 12.1 Å². The van der Waals surface area contributed by atoms with Crippen molar-refractivity contribution in [2.24, 2.45) is 0 Å². The third kappa shape index (κ3) is 6.41. The minimum atomic E-state index is -3.58. The molecular formula is C22H24N4O5S. The van der Waals surface area contributed by atoms with Gasteiger partial charge in [-0.15, -0.1) is 0 Å². The van der Waals surface area contributed by atoms with Crippen LogP contribution in [0, 0.1) is 11.3 Å². The third-order valence-electron chi connectivity index (χ3n) is 4.31. The van der Waals surface area contributed by atoms with Crippen LogP contribution < -0.4 is 10.2 Å². The number of anilines is 2. The largest absolute Gasteiger partial charge is 0.451 e. The standard InChI is InChI=1S/C22H24N4O5S/c1-25(2)19-9-5-16(6-10-19)13-17(14-23)22(28)31-15-21(27)24-18-7-11-20(12-8-18)32(29,30)26(3)4/h5-13H,15H2,1-4H3,(H,24,27)/b17-13+. The molecule has 0 fully saturated rings. The summed E-state index contributed by atoms with van der Waals surface area (Å²) in [5.41, 5.74) is 1.70. The van der Waals surface area contributed by atoms with Crippen molar-refractivity contribution in [3.05, 3.63) is 59.7 Å². The Hall–Kier alpha value is -3.68. The van der Waals surface area contributed by atoms with Crippen LogP contribution in [0.4, 0.5) is 11.4 Å². The Balaban J connectivity index is 1.96. The summed E-state index contributed by atoms with van der Waals surface area (Å²) < 4.78 is 30.1. The van der Waals surface area contributed by atoms with Gasteiger partial charge >= 0.3 is 5.97 Å². The molecule has 0 aliphatic rings. The van der Waals surface area contributed by atoms with Crippen LogP contribution in [0.1, 0.15) is 5.56 Å². The Morgan fingerprint density at radius 1 is 1.03 bits per heavy atom. The third-order valence-corrected chi connectivity index (χ3v) is 6.14. The van der Waals surface area contributed by atoms with E-state index >= 15 is 0 Å². The lowest BCUT2D eigenvalue weighted by atomic mass is 10.1. The molecule has 0 atom stereocenters. The van der Waals surface area contributed by atoms with Crippen LogP contribution in [0.5, 0.6) is 0 Å². The number of nitrogens with zero attached hydrogens (tertiary/aromatic N) is 3. The second-order valence-electron chi connectivity index (χ2n) is 7.09. The zero-order valence-electron chi connectivity index (χ0n) is 18.2. The van der Waals surface area contributed by atoms with E-state index in [-0.39, 0.29) is 10.5 Å². The molecule has 2 aromatic rings. The van der Waals surface area contributed by atoms with Gasteiger partial charge in [-0.05, 0) is 48.0 Å². The van der Waals surface area contributed by atoms with Gasteiger partial charge < -0.3 is 15.0 Å². The number of esters is 1. The lowest BCUT2D eigenvalue weighted by Gasteiger charge is -2.12. The van der Waals surface area contributed by atoms with Gasteiger partial charge in [0.15, 0.2) is 6.61 Å². The fourth-order valence-corrected chi connectivity index (χ4v) is 3.40. The summed E-state index contributed by atoms with van der Waals surface area (Å²) in [7, 11) is 3.05. The highest BCUT2D eigenvalue weighted by Crippen LogP contribution is 2.17. The van der Waals surface area contributed by atoms with Crippen LogP contribution in [0.2, 0.25) is 0 Å². The van der Waals surface area contributed by atoms with E-state index in [9.17, 15) is 23.3 Å². The zero-order chi connectivity index (χ0) is 23.9. The Labute approximate surface area is 187 Å². The van der Waals surface area contributed by atoms with Crippen molar-refractivity contribution in [2.45, 2.75) is 4.90 Å². The maximum Gasteiger partial charge on any atom is 0.349 e. The minimum Gasteiger partial charge on any atom is -0.451 e.